The number of nitrogens with one attached hydrogen (secondary N) is 1. The van der Waals surface area contributed by atoms with Crippen molar-refractivity contribution in [2.45, 2.75) is 45.2 Å². The number of benzene rings is 1. The number of hydrogen-bond donors (Lipinski definition) is 2. The Hall–Kier alpha value is -1.06. The smallest absolute Gasteiger partial charge is 0.237 e. The minimum atomic E-state index is -0.413. The molecular weight excluding hydrogens is 248 g/mol. The molecule has 0 aromatic heterocycles. The summed E-state index contributed by atoms with van der Waals surface area (Å²) in [5.41, 5.74) is 6.80. The van der Waals surface area contributed by atoms with Crippen LogP contribution < -0.4 is 11.1 Å². The van der Waals surface area contributed by atoms with Gasteiger partial charge in [0.2, 0.25) is 5.91 Å². The third-order valence-electron chi connectivity index (χ3n) is 2.81. The van der Waals surface area contributed by atoms with Crippen molar-refractivity contribution in [3.05, 3.63) is 34.9 Å². The molecule has 0 saturated carbocycles. The average Bonchev–Trinajstić information content (AvgIpc) is 2.32. The van der Waals surface area contributed by atoms with Gasteiger partial charge in [0.1, 0.15) is 0 Å². The monoisotopic (exact) mass is 268 g/mol. The second-order valence-electron chi connectivity index (χ2n) is 4.60. The number of amides is 1. The molecule has 3 nitrogen and oxygen atoms in total. The predicted octanol–water partition coefficient (Wildman–Crippen LogP) is 2.51. The van der Waals surface area contributed by atoms with Crippen LogP contribution in [-0.2, 0) is 11.2 Å². The summed E-state index contributed by atoms with van der Waals surface area (Å²) in [6.07, 6.45) is 2.34. The Morgan fingerprint density at radius 3 is 2.72 bits per heavy atom. The number of hydrogen-bond acceptors (Lipinski definition) is 2. The first kappa shape index (κ1) is 15.0. The van der Waals surface area contributed by atoms with Crippen molar-refractivity contribution in [1.82, 2.24) is 5.32 Å². The molecule has 1 rings (SSSR count). The molecule has 1 aromatic carbocycles. The number of rotatable bonds is 6. The van der Waals surface area contributed by atoms with E-state index < -0.39 is 6.04 Å². The molecule has 1 amide bonds. The molecule has 0 radical (unpaired) electrons. The van der Waals surface area contributed by atoms with E-state index in [1.807, 2.05) is 38.1 Å². The molecule has 3 N–H and O–H groups in total. The van der Waals surface area contributed by atoms with Gasteiger partial charge in [-0.2, -0.15) is 0 Å². The molecule has 0 aliphatic rings. The van der Waals surface area contributed by atoms with Gasteiger partial charge in [-0.25, -0.2) is 0 Å². The van der Waals surface area contributed by atoms with Crippen molar-refractivity contribution in [3.8, 4) is 0 Å². The van der Waals surface area contributed by atoms with Crippen molar-refractivity contribution in [3.63, 3.8) is 0 Å². The molecule has 100 valence electrons. The fourth-order valence-electron chi connectivity index (χ4n) is 1.84. The van der Waals surface area contributed by atoms with Gasteiger partial charge in [-0.05, 0) is 31.4 Å². The normalized spacial score (nSPS) is 14.0. The second-order valence-corrected chi connectivity index (χ2v) is 5.01. The molecule has 18 heavy (non-hydrogen) atoms. The van der Waals surface area contributed by atoms with Crippen LogP contribution in [0.1, 0.15) is 32.3 Å². The second kappa shape index (κ2) is 7.39. The van der Waals surface area contributed by atoms with Gasteiger partial charge in [0.25, 0.3) is 0 Å². The van der Waals surface area contributed by atoms with E-state index in [9.17, 15) is 4.79 Å². The zero-order valence-electron chi connectivity index (χ0n) is 10.9. The Balaban J connectivity index is 2.49. The Morgan fingerprint density at radius 2 is 2.11 bits per heavy atom. The lowest BCUT2D eigenvalue weighted by Crippen LogP contribution is -2.45. The molecule has 0 aliphatic carbocycles. The molecule has 0 fully saturated rings. The summed E-state index contributed by atoms with van der Waals surface area (Å²) in [5, 5.41) is 3.65. The summed E-state index contributed by atoms with van der Waals surface area (Å²) in [4.78, 5) is 11.7. The van der Waals surface area contributed by atoms with Crippen molar-refractivity contribution in [1.29, 1.82) is 0 Å². The van der Waals surface area contributed by atoms with E-state index in [1.54, 1.807) is 0 Å². The molecule has 4 heteroatoms. The fourth-order valence-corrected chi connectivity index (χ4v) is 2.05. The van der Waals surface area contributed by atoms with E-state index in [0.29, 0.717) is 12.8 Å². The standard InChI is InChI=1S/C14H21ClN2O/c1-3-6-13(16)14(18)17-10(2)9-11-7-4-5-8-12(11)15/h4-5,7-8,10,13H,3,6,9,16H2,1-2H3,(H,17,18)/t10?,13-/m0/s1. The highest BCUT2D eigenvalue weighted by Crippen LogP contribution is 2.16. The largest absolute Gasteiger partial charge is 0.352 e. The Morgan fingerprint density at radius 1 is 1.44 bits per heavy atom. The first-order valence-corrected chi connectivity index (χ1v) is 6.71. The topological polar surface area (TPSA) is 55.1 Å². The predicted molar refractivity (Wildman–Crippen MR) is 75.6 cm³/mol. The summed E-state index contributed by atoms with van der Waals surface area (Å²) in [6.45, 7) is 3.97. The van der Waals surface area contributed by atoms with E-state index in [2.05, 4.69) is 5.32 Å². The highest BCUT2D eigenvalue weighted by Gasteiger charge is 2.15. The van der Waals surface area contributed by atoms with Crippen molar-refractivity contribution in [2.75, 3.05) is 0 Å². The fraction of sp³-hybridized carbons (Fsp3) is 0.500. The van der Waals surface area contributed by atoms with E-state index in [0.717, 1.165) is 17.0 Å². The van der Waals surface area contributed by atoms with Gasteiger partial charge in [-0.15, -0.1) is 0 Å². The number of carbonyl (C=O) groups is 1. The summed E-state index contributed by atoms with van der Waals surface area (Å²) in [7, 11) is 0. The minimum Gasteiger partial charge on any atom is -0.352 e. The van der Waals surface area contributed by atoms with Crippen LogP contribution >= 0.6 is 11.6 Å². The average molecular weight is 269 g/mol. The number of halogens is 1. The van der Waals surface area contributed by atoms with Crippen LogP contribution in [0.25, 0.3) is 0 Å². The number of carbonyl (C=O) groups excluding carboxylic acids is 1. The van der Waals surface area contributed by atoms with Gasteiger partial charge in [0, 0.05) is 11.1 Å². The van der Waals surface area contributed by atoms with Gasteiger partial charge < -0.3 is 11.1 Å². The molecule has 0 saturated heterocycles. The molecular formula is C14H21ClN2O. The van der Waals surface area contributed by atoms with E-state index in [1.165, 1.54) is 0 Å². The molecule has 1 unspecified atom stereocenters. The summed E-state index contributed by atoms with van der Waals surface area (Å²) in [5.74, 6) is -0.0867. The van der Waals surface area contributed by atoms with E-state index >= 15 is 0 Å². The van der Waals surface area contributed by atoms with Crippen LogP contribution in [0.15, 0.2) is 24.3 Å². The first-order chi connectivity index (χ1) is 8.54. The summed E-state index contributed by atoms with van der Waals surface area (Å²) < 4.78 is 0. The zero-order chi connectivity index (χ0) is 13.5. The molecule has 2 atom stereocenters. The molecule has 0 bridgehead atoms. The van der Waals surface area contributed by atoms with Crippen LogP contribution in [-0.4, -0.2) is 18.0 Å². The van der Waals surface area contributed by atoms with Crippen LogP contribution in [0, 0.1) is 0 Å². The van der Waals surface area contributed by atoms with Crippen LogP contribution in [0.3, 0.4) is 0 Å². The lowest BCUT2D eigenvalue weighted by atomic mass is 10.1. The first-order valence-electron chi connectivity index (χ1n) is 6.34. The third-order valence-corrected chi connectivity index (χ3v) is 3.18. The highest BCUT2D eigenvalue weighted by atomic mass is 35.5. The quantitative estimate of drug-likeness (QED) is 0.833. The third kappa shape index (κ3) is 4.67. The Labute approximate surface area is 114 Å². The van der Waals surface area contributed by atoms with Gasteiger partial charge in [-0.3, -0.25) is 4.79 Å². The Bertz CT molecular complexity index is 395. The molecule has 0 heterocycles. The van der Waals surface area contributed by atoms with Gasteiger partial charge >= 0.3 is 0 Å². The van der Waals surface area contributed by atoms with E-state index in [-0.39, 0.29) is 11.9 Å². The van der Waals surface area contributed by atoms with Crippen LogP contribution in [0.2, 0.25) is 5.02 Å². The maximum Gasteiger partial charge on any atom is 0.237 e. The molecule has 1 aromatic rings. The maximum atomic E-state index is 11.7. The summed E-state index contributed by atoms with van der Waals surface area (Å²) >= 11 is 6.08. The maximum absolute atomic E-state index is 11.7. The number of nitrogens with two attached hydrogens (primary N) is 1. The van der Waals surface area contributed by atoms with Gasteiger partial charge in [0.15, 0.2) is 0 Å². The lowest BCUT2D eigenvalue weighted by Gasteiger charge is -2.17. The molecule has 0 aliphatic heterocycles. The summed E-state index contributed by atoms with van der Waals surface area (Å²) in [6, 6.07) is 7.28. The zero-order valence-corrected chi connectivity index (χ0v) is 11.7. The van der Waals surface area contributed by atoms with E-state index in [4.69, 9.17) is 17.3 Å². The minimum absolute atomic E-state index is 0.0281. The van der Waals surface area contributed by atoms with Crippen molar-refractivity contribution in [2.24, 2.45) is 5.73 Å². The lowest BCUT2D eigenvalue weighted by molar-refractivity contribution is -0.123. The molecule has 0 spiro atoms. The van der Waals surface area contributed by atoms with Crippen LogP contribution in [0.4, 0.5) is 0 Å². The van der Waals surface area contributed by atoms with Crippen molar-refractivity contribution >= 4 is 17.5 Å². The Kier molecular flexibility index (Phi) is 6.16. The van der Waals surface area contributed by atoms with Gasteiger partial charge in [0.05, 0.1) is 6.04 Å². The van der Waals surface area contributed by atoms with Gasteiger partial charge in [-0.1, -0.05) is 43.1 Å². The van der Waals surface area contributed by atoms with Crippen LogP contribution in [0.5, 0.6) is 0 Å². The highest BCUT2D eigenvalue weighted by molar-refractivity contribution is 6.31. The SMILES string of the molecule is CCC[C@H](N)C(=O)NC(C)Cc1ccccc1Cl. The van der Waals surface area contributed by atoms with Crippen molar-refractivity contribution < 1.29 is 4.79 Å².